The first-order valence-electron chi connectivity index (χ1n) is 11.8. The summed E-state index contributed by atoms with van der Waals surface area (Å²) in [5.74, 6) is 1.88. The highest BCUT2D eigenvalue weighted by Gasteiger charge is 2.18. The molecule has 0 bridgehead atoms. The van der Waals surface area contributed by atoms with Crippen LogP contribution in [0.4, 0.5) is 23.1 Å². The third kappa shape index (κ3) is 6.05. The number of nitrogens with zero attached hydrogens (tertiary/aromatic N) is 6. The Hall–Kier alpha value is -4.24. The van der Waals surface area contributed by atoms with Crippen molar-refractivity contribution in [1.82, 2.24) is 19.9 Å². The highest BCUT2D eigenvalue weighted by Crippen LogP contribution is 2.32. The molecule has 1 aromatic carbocycles. The van der Waals surface area contributed by atoms with Crippen molar-refractivity contribution in [3.63, 3.8) is 0 Å². The average molecular weight is 485 g/mol. The second kappa shape index (κ2) is 11.9. The van der Waals surface area contributed by atoms with Crippen LogP contribution in [0.3, 0.4) is 0 Å². The molecule has 186 valence electrons. The number of aromatic nitrogens is 3. The molecule has 1 aliphatic rings. The van der Waals surface area contributed by atoms with Gasteiger partial charge in [-0.15, -0.1) is 0 Å². The van der Waals surface area contributed by atoms with Gasteiger partial charge < -0.3 is 25.2 Å². The van der Waals surface area contributed by atoms with Crippen LogP contribution in [0.15, 0.2) is 77.7 Å². The molecule has 9 heteroatoms. The van der Waals surface area contributed by atoms with Crippen molar-refractivity contribution in [3.8, 4) is 5.75 Å². The van der Waals surface area contributed by atoms with E-state index >= 15 is 0 Å². The Balaban J connectivity index is 1.54. The predicted molar refractivity (Wildman–Crippen MR) is 147 cm³/mol. The first-order chi connectivity index (χ1) is 17.6. The fourth-order valence-corrected chi connectivity index (χ4v) is 3.97. The van der Waals surface area contributed by atoms with Crippen LogP contribution in [-0.4, -0.2) is 66.9 Å². The number of anilines is 4. The molecule has 0 aliphatic carbocycles. The molecule has 0 spiro atoms. The van der Waals surface area contributed by atoms with Gasteiger partial charge in [-0.2, -0.15) is 4.98 Å². The summed E-state index contributed by atoms with van der Waals surface area (Å²) in [7, 11) is 3.84. The van der Waals surface area contributed by atoms with Crippen LogP contribution in [0.1, 0.15) is 12.6 Å². The highest BCUT2D eigenvalue weighted by atomic mass is 16.5. The molecule has 36 heavy (non-hydrogen) atoms. The minimum absolute atomic E-state index is 0.458. The molecule has 0 atom stereocenters. The van der Waals surface area contributed by atoms with E-state index in [9.17, 15) is 0 Å². The zero-order chi connectivity index (χ0) is 25.3. The van der Waals surface area contributed by atoms with Crippen LogP contribution < -0.4 is 20.3 Å². The number of ether oxygens (including phenoxy) is 1. The van der Waals surface area contributed by atoms with Crippen molar-refractivity contribution in [2.24, 2.45) is 4.99 Å². The van der Waals surface area contributed by atoms with Gasteiger partial charge in [0.15, 0.2) is 0 Å². The summed E-state index contributed by atoms with van der Waals surface area (Å²) < 4.78 is 5.70. The number of benzene rings is 1. The Morgan fingerprint density at radius 3 is 2.61 bits per heavy atom. The summed E-state index contributed by atoms with van der Waals surface area (Å²) in [4.78, 5) is 22.3. The van der Waals surface area contributed by atoms with Crippen molar-refractivity contribution in [2.45, 2.75) is 6.92 Å². The third-order valence-electron chi connectivity index (χ3n) is 5.85. The molecular formula is C27H32N8O. The van der Waals surface area contributed by atoms with Crippen LogP contribution in [0, 0.1) is 0 Å². The lowest BCUT2D eigenvalue weighted by atomic mass is 10.2. The van der Waals surface area contributed by atoms with E-state index in [1.165, 1.54) is 0 Å². The SMILES string of the molecule is C=N/C(=C(\C=C/C)Nc1ccnc(Nc2ccc(N3CCN(C)CC3)c(OC)c2)n1)c1ccccn1. The lowest BCUT2D eigenvalue weighted by molar-refractivity contribution is 0.311. The summed E-state index contributed by atoms with van der Waals surface area (Å²) in [5, 5.41) is 6.61. The van der Waals surface area contributed by atoms with Crippen LogP contribution in [0.2, 0.25) is 0 Å². The predicted octanol–water partition coefficient (Wildman–Crippen LogP) is 4.43. The Morgan fingerprint density at radius 2 is 1.92 bits per heavy atom. The molecule has 0 saturated carbocycles. The van der Waals surface area contributed by atoms with Crippen molar-refractivity contribution in [2.75, 3.05) is 55.9 Å². The van der Waals surface area contributed by atoms with Crippen molar-refractivity contribution < 1.29 is 4.74 Å². The highest BCUT2D eigenvalue weighted by molar-refractivity contribution is 5.74. The lowest BCUT2D eigenvalue weighted by Crippen LogP contribution is -2.44. The number of hydrogen-bond donors (Lipinski definition) is 2. The average Bonchev–Trinajstić information content (AvgIpc) is 2.90. The fraction of sp³-hybridized carbons (Fsp3) is 0.259. The van der Waals surface area contributed by atoms with Gasteiger partial charge in [0.2, 0.25) is 5.95 Å². The number of pyridine rings is 1. The number of rotatable bonds is 9. The summed E-state index contributed by atoms with van der Waals surface area (Å²) in [6.45, 7) is 9.67. The van der Waals surface area contributed by atoms with Gasteiger partial charge in [0.25, 0.3) is 0 Å². The molecule has 3 aromatic rings. The maximum absolute atomic E-state index is 5.70. The maximum atomic E-state index is 5.70. The van der Waals surface area contributed by atoms with Crippen molar-refractivity contribution >= 4 is 35.6 Å². The van der Waals surface area contributed by atoms with Gasteiger partial charge in [-0.3, -0.25) is 9.98 Å². The molecule has 2 aromatic heterocycles. The molecule has 2 N–H and O–H groups in total. The molecular weight excluding hydrogens is 452 g/mol. The van der Waals surface area contributed by atoms with Crippen LogP contribution in [0.5, 0.6) is 5.75 Å². The van der Waals surface area contributed by atoms with Crippen LogP contribution in [0.25, 0.3) is 5.70 Å². The Bertz CT molecular complexity index is 1230. The smallest absolute Gasteiger partial charge is 0.229 e. The summed E-state index contributed by atoms with van der Waals surface area (Å²) in [5.41, 5.74) is 4.01. The lowest BCUT2D eigenvalue weighted by Gasteiger charge is -2.34. The molecule has 0 radical (unpaired) electrons. The van der Waals surface area contributed by atoms with Crippen molar-refractivity contribution in [3.05, 3.63) is 78.4 Å². The topological polar surface area (TPSA) is 90.8 Å². The monoisotopic (exact) mass is 484 g/mol. The molecule has 3 heterocycles. The number of nitrogens with one attached hydrogen (secondary N) is 2. The Morgan fingerprint density at radius 1 is 1.08 bits per heavy atom. The van der Waals surface area contributed by atoms with E-state index in [0.29, 0.717) is 23.2 Å². The van der Waals surface area contributed by atoms with E-state index in [1.54, 1.807) is 25.6 Å². The molecule has 4 rings (SSSR count). The number of allylic oxidation sites excluding steroid dienone is 2. The van der Waals surface area contributed by atoms with E-state index in [2.05, 4.69) is 60.2 Å². The third-order valence-corrected chi connectivity index (χ3v) is 5.85. The Labute approximate surface area is 212 Å². The fourth-order valence-electron chi connectivity index (χ4n) is 3.97. The van der Waals surface area contributed by atoms with E-state index in [4.69, 9.17) is 4.74 Å². The Kier molecular flexibility index (Phi) is 8.25. The van der Waals surface area contributed by atoms with Gasteiger partial charge in [0.05, 0.1) is 24.2 Å². The minimum atomic E-state index is 0.458. The zero-order valence-corrected chi connectivity index (χ0v) is 21.0. The van der Waals surface area contributed by atoms with E-state index in [0.717, 1.165) is 49.0 Å². The summed E-state index contributed by atoms with van der Waals surface area (Å²) in [6.07, 6.45) is 7.26. The van der Waals surface area contributed by atoms with E-state index in [1.807, 2.05) is 49.4 Å². The second-order valence-corrected chi connectivity index (χ2v) is 8.33. The zero-order valence-electron chi connectivity index (χ0n) is 21.0. The van der Waals surface area contributed by atoms with Gasteiger partial charge in [-0.05, 0) is 57.1 Å². The first kappa shape index (κ1) is 24.9. The second-order valence-electron chi connectivity index (χ2n) is 8.33. The number of piperazine rings is 1. The molecule has 1 aliphatic heterocycles. The van der Waals surface area contributed by atoms with Crippen molar-refractivity contribution in [1.29, 1.82) is 0 Å². The normalized spacial score (nSPS) is 14.9. The van der Waals surface area contributed by atoms with E-state index in [-0.39, 0.29) is 0 Å². The summed E-state index contributed by atoms with van der Waals surface area (Å²) in [6, 6.07) is 13.5. The van der Waals surface area contributed by atoms with Crippen LogP contribution >= 0.6 is 0 Å². The summed E-state index contributed by atoms with van der Waals surface area (Å²) >= 11 is 0. The largest absolute Gasteiger partial charge is 0.495 e. The molecule has 1 saturated heterocycles. The molecule has 0 amide bonds. The van der Waals surface area contributed by atoms with Gasteiger partial charge >= 0.3 is 0 Å². The standard InChI is InChI=1S/C27H32N8O/c1-5-8-22(26(28-2)21-9-6-7-13-29-21)32-25-12-14-30-27(33-25)31-20-10-11-23(24(19-20)36-4)35-17-15-34(3)16-18-35/h5-14,19H,2,15-18H2,1,3-4H3,(H2,30,31,32,33)/b8-5-,26-22+. The number of methoxy groups -OCH3 is 1. The minimum Gasteiger partial charge on any atom is -0.495 e. The number of hydrogen-bond acceptors (Lipinski definition) is 9. The number of aliphatic imine (C=N–C) groups is 1. The first-order valence-corrected chi connectivity index (χ1v) is 11.8. The maximum Gasteiger partial charge on any atom is 0.229 e. The van der Waals surface area contributed by atoms with E-state index < -0.39 is 0 Å². The molecule has 9 nitrogen and oxygen atoms in total. The van der Waals surface area contributed by atoms with Gasteiger partial charge in [0, 0.05) is 50.3 Å². The molecule has 0 unspecified atom stereocenters. The van der Waals surface area contributed by atoms with Crippen LogP contribution in [-0.2, 0) is 0 Å². The van der Waals surface area contributed by atoms with Gasteiger partial charge in [-0.25, -0.2) is 4.98 Å². The molecule has 1 fully saturated rings. The quantitative estimate of drug-likeness (QED) is 0.340. The van der Waals surface area contributed by atoms with Gasteiger partial charge in [-0.1, -0.05) is 12.1 Å². The number of likely N-dealkylation sites (N-methyl/N-ethyl adjacent to an activating group) is 1. The van der Waals surface area contributed by atoms with Gasteiger partial charge in [0.1, 0.15) is 17.3 Å².